The fraction of sp³-hybridized carbons (Fsp3) is 0.789. The van der Waals surface area contributed by atoms with Crippen LogP contribution in [0.4, 0.5) is 0 Å². The highest BCUT2D eigenvalue weighted by molar-refractivity contribution is 6.10. The van der Waals surface area contributed by atoms with Crippen LogP contribution >= 0.6 is 0 Å². The average Bonchev–Trinajstić information content (AvgIpc) is 2.63. The molecule has 0 aromatic rings. The third-order valence-electron chi connectivity index (χ3n) is 4.54. The molecule has 0 aromatic heterocycles. The summed E-state index contributed by atoms with van der Waals surface area (Å²) in [7, 11) is 0. The topological polar surface area (TPSA) is 43.4 Å². The summed E-state index contributed by atoms with van der Waals surface area (Å²) in [5.41, 5.74) is -1.08. The van der Waals surface area contributed by atoms with Gasteiger partial charge < -0.3 is 4.74 Å². The summed E-state index contributed by atoms with van der Waals surface area (Å²) in [5, 5.41) is 0. The predicted molar refractivity (Wildman–Crippen MR) is 89.8 cm³/mol. The molecule has 22 heavy (non-hydrogen) atoms. The molecular formula is C19H32O3. The first-order valence-electron chi connectivity index (χ1n) is 8.31. The van der Waals surface area contributed by atoms with Crippen molar-refractivity contribution in [3.63, 3.8) is 0 Å². The van der Waals surface area contributed by atoms with Crippen LogP contribution in [-0.2, 0) is 14.3 Å². The van der Waals surface area contributed by atoms with Gasteiger partial charge in [0.1, 0.15) is 11.4 Å². The highest BCUT2D eigenvalue weighted by Crippen LogP contribution is 2.50. The molecule has 1 aliphatic rings. The van der Waals surface area contributed by atoms with Crippen molar-refractivity contribution in [1.29, 1.82) is 0 Å². The third kappa shape index (κ3) is 3.19. The second-order valence-electron chi connectivity index (χ2n) is 8.44. The van der Waals surface area contributed by atoms with E-state index in [4.69, 9.17) is 4.74 Å². The van der Waals surface area contributed by atoms with Crippen LogP contribution in [-0.4, -0.2) is 23.8 Å². The zero-order chi connectivity index (χ0) is 17.3. The maximum atomic E-state index is 13.3. The number of hydrogen-bond acceptors (Lipinski definition) is 3. The van der Waals surface area contributed by atoms with E-state index in [9.17, 15) is 9.59 Å². The Labute approximate surface area is 135 Å². The Morgan fingerprint density at radius 1 is 1.23 bits per heavy atom. The van der Waals surface area contributed by atoms with Crippen LogP contribution in [0, 0.1) is 16.7 Å². The third-order valence-corrected chi connectivity index (χ3v) is 4.54. The van der Waals surface area contributed by atoms with E-state index >= 15 is 0 Å². The van der Waals surface area contributed by atoms with Crippen molar-refractivity contribution in [2.24, 2.45) is 16.7 Å². The van der Waals surface area contributed by atoms with Gasteiger partial charge in [-0.25, -0.2) is 0 Å². The van der Waals surface area contributed by atoms with Crippen molar-refractivity contribution < 1.29 is 14.3 Å². The SMILES string of the molecule is CCCCOC1(C(C)(C)C)C(=O)C(C(C)(C)C)=CC1C(C)=O. The van der Waals surface area contributed by atoms with Gasteiger partial charge in [-0.1, -0.05) is 61.0 Å². The van der Waals surface area contributed by atoms with E-state index in [0.29, 0.717) is 6.61 Å². The first-order chi connectivity index (χ1) is 9.89. The average molecular weight is 308 g/mol. The lowest BCUT2D eigenvalue weighted by Gasteiger charge is -2.44. The summed E-state index contributed by atoms with van der Waals surface area (Å²) < 4.78 is 6.18. The van der Waals surface area contributed by atoms with E-state index in [1.165, 1.54) is 0 Å². The molecule has 3 nitrogen and oxygen atoms in total. The van der Waals surface area contributed by atoms with Gasteiger partial charge in [0.15, 0.2) is 5.78 Å². The van der Waals surface area contributed by atoms with Crippen LogP contribution in [0.3, 0.4) is 0 Å². The summed E-state index contributed by atoms with van der Waals surface area (Å²) in [6, 6.07) is 0. The molecular weight excluding hydrogens is 276 g/mol. The molecule has 0 bridgehead atoms. The van der Waals surface area contributed by atoms with Crippen molar-refractivity contribution in [3.05, 3.63) is 11.6 Å². The van der Waals surface area contributed by atoms with Gasteiger partial charge in [-0.05, 0) is 24.2 Å². The number of unbranched alkanes of at least 4 members (excludes halogenated alkanes) is 1. The Hall–Kier alpha value is -0.960. The minimum absolute atomic E-state index is 0.000904. The van der Waals surface area contributed by atoms with E-state index in [2.05, 4.69) is 6.92 Å². The zero-order valence-electron chi connectivity index (χ0n) is 15.5. The second-order valence-corrected chi connectivity index (χ2v) is 8.44. The highest BCUT2D eigenvalue weighted by atomic mass is 16.5. The molecule has 0 saturated heterocycles. The number of Topliss-reactive ketones (excluding diaryl/α,β-unsaturated/α-hetero) is 2. The Morgan fingerprint density at radius 3 is 2.14 bits per heavy atom. The fourth-order valence-electron chi connectivity index (χ4n) is 3.25. The first kappa shape index (κ1) is 19.1. The van der Waals surface area contributed by atoms with Gasteiger partial charge in [0.25, 0.3) is 0 Å². The fourth-order valence-corrected chi connectivity index (χ4v) is 3.25. The molecule has 0 aromatic carbocycles. The molecule has 2 unspecified atom stereocenters. The molecule has 0 N–H and O–H groups in total. The van der Waals surface area contributed by atoms with Gasteiger partial charge in [-0.15, -0.1) is 0 Å². The molecule has 3 heteroatoms. The summed E-state index contributed by atoms with van der Waals surface area (Å²) in [4.78, 5) is 25.6. The smallest absolute Gasteiger partial charge is 0.192 e. The van der Waals surface area contributed by atoms with Crippen molar-refractivity contribution in [2.45, 2.75) is 73.8 Å². The summed E-state index contributed by atoms with van der Waals surface area (Å²) in [6.07, 6.45) is 3.75. The van der Waals surface area contributed by atoms with E-state index in [-0.39, 0.29) is 17.0 Å². The van der Waals surface area contributed by atoms with Crippen LogP contribution in [0.15, 0.2) is 11.6 Å². The van der Waals surface area contributed by atoms with Crippen LogP contribution < -0.4 is 0 Å². The standard InChI is InChI=1S/C19H32O3/c1-9-10-11-22-19(18(6,7)8)14(13(2)20)12-15(16(19)21)17(3,4)5/h12,14H,9-11H2,1-8H3. The van der Waals surface area contributed by atoms with Gasteiger partial charge in [-0.2, -0.15) is 0 Å². The number of rotatable bonds is 5. The molecule has 0 aliphatic heterocycles. The van der Waals surface area contributed by atoms with Crippen molar-refractivity contribution >= 4 is 11.6 Å². The van der Waals surface area contributed by atoms with Crippen LogP contribution in [0.5, 0.6) is 0 Å². The molecule has 0 radical (unpaired) electrons. The molecule has 126 valence electrons. The summed E-state index contributed by atoms with van der Waals surface area (Å²) in [5.74, 6) is -0.506. The summed E-state index contributed by atoms with van der Waals surface area (Å²) in [6.45, 7) is 16.2. The van der Waals surface area contributed by atoms with Crippen LogP contribution in [0.25, 0.3) is 0 Å². The lowest BCUT2D eigenvalue weighted by Crippen LogP contribution is -2.57. The maximum absolute atomic E-state index is 13.3. The molecule has 0 spiro atoms. The molecule has 0 heterocycles. The zero-order valence-corrected chi connectivity index (χ0v) is 15.5. The van der Waals surface area contributed by atoms with Gasteiger partial charge in [-0.3, -0.25) is 9.59 Å². The van der Waals surface area contributed by atoms with Gasteiger partial charge in [0.2, 0.25) is 0 Å². The van der Waals surface area contributed by atoms with E-state index in [1.54, 1.807) is 6.92 Å². The highest BCUT2D eigenvalue weighted by Gasteiger charge is 2.61. The Morgan fingerprint density at radius 2 is 1.77 bits per heavy atom. The minimum atomic E-state index is -1.07. The van der Waals surface area contributed by atoms with Crippen LogP contribution in [0.1, 0.15) is 68.2 Å². The molecule has 0 fully saturated rings. The minimum Gasteiger partial charge on any atom is -0.365 e. The Balaban J connectivity index is 3.41. The quantitative estimate of drug-likeness (QED) is 0.709. The van der Waals surface area contributed by atoms with Gasteiger partial charge >= 0.3 is 0 Å². The maximum Gasteiger partial charge on any atom is 0.192 e. The van der Waals surface area contributed by atoms with E-state index in [0.717, 1.165) is 18.4 Å². The van der Waals surface area contributed by atoms with Crippen LogP contribution in [0.2, 0.25) is 0 Å². The Bertz CT molecular complexity index is 474. The number of carbonyl (C=O) groups is 2. The van der Waals surface area contributed by atoms with E-state index < -0.39 is 16.9 Å². The van der Waals surface area contributed by atoms with Gasteiger partial charge in [0, 0.05) is 12.2 Å². The second kappa shape index (κ2) is 6.27. The number of ether oxygens (including phenoxy) is 1. The normalized spacial score (nSPS) is 26.3. The number of hydrogen-bond donors (Lipinski definition) is 0. The van der Waals surface area contributed by atoms with Gasteiger partial charge in [0.05, 0.1) is 5.92 Å². The van der Waals surface area contributed by atoms with E-state index in [1.807, 2.05) is 47.6 Å². The number of carbonyl (C=O) groups excluding carboxylic acids is 2. The Kier molecular flexibility index (Phi) is 5.44. The van der Waals surface area contributed by atoms with Crippen molar-refractivity contribution in [1.82, 2.24) is 0 Å². The van der Waals surface area contributed by atoms with Crippen molar-refractivity contribution in [3.8, 4) is 0 Å². The first-order valence-corrected chi connectivity index (χ1v) is 8.31. The molecule has 1 aliphatic carbocycles. The molecule has 0 amide bonds. The lowest BCUT2D eigenvalue weighted by molar-refractivity contribution is -0.170. The molecule has 2 atom stereocenters. The lowest BCUT2D eigenvalue weighted by atomic mass is 9.67. The summed E-state index contributed by atoms with van der Waals surface area (Å²) >= 11 is 0. The van der Waals surface area contributed by atoms with Crippen molar-refractivity contribution in [2.75, 3.05) is 6.61 Å². The number of ketones is 2. The molecule has 1 rings (SSSR count). The predicted octanol–water partition coefficient (Wildman–Crippen LogP) is 4.35. The largest absolute Gasteiger partial charge is 0.365 e. The molecule has 0 saturated carbocycles. The monoisotopic (exact) mass is 308 g/mol.